The van der Waals surface area contributed by atoms with Crippen LogP contribution in [-0.2, 0) is 6.54 Å². The Kier molecular flexibility index (Phi) is 4.66. The molecular weight excluding hydrogens is 333 g/mol. The molecule has 118 valence electrons. The van der Waals surface area contributed by atoms with Crippen molar-refractivity contribution in [3.63, 3.8) is 0 Å². The van der Waals surface area contributed by atoms with Crippen molar-refractivity contribution in [1.29, 1.82) is 0 Å². The third kappa shape index (κ3) is 3.24. The van der Waals surface area contributed by atoms with Crippen LogP contribution in [0.25, 0.3) is 22.3 Å². The standard InChI is InChI=1S/C17H15Cl2N3O/c18-12-4-1-3-11(9-12)16-21-15-6-5-13(19)10-14(15)17(23)22(16)8-2-7-20/h1,3-6,9-10H,2,7-8,20H2. The number of nitrogens with zero attached hydrogens (tertiary/aromatic N) is 2. The molecule has 23 heavy (non-hydrogen) atoms. The molecule has 0 bridgehead atoms. The van der Waals surface area contributed by atoms with Crippen molar-refractivity contribution in [2.24, 2.45) is 5.73 Å². The Morgan fingerprint density at radius 1 is 1.09 bits per heavy atom. The molecule has 0 aliphatic carbocycles. The third-order valence-corrected chi connectivity index (χ3v) is 4.06. The first-order chi connectivity index (χ1) is 11.1. The van der Waals surface area contributed by atoms with Crippen LogP contribution in [0.1, 0.15) is 6.42 Å². The summed E-state index contributed by atoms with van der Waals surface area (Å²) >= 11 is 12.1. The highest BCUT2D eigenvalue weighted by Gasteiger charge is 2.13. The summed E-state index contributed by atoms with van der Waals surface area (Å²) in [5.74, 6) is 0.584. The minimum atomic E-state index is -0.124. The van der Waals surface area contributed by atoms with Gasteiger partial charge in [0.15, 0.2) is 0 Å². The van der Waals surface area contributed by atoms with E-state index in [1.54, 1.807) is 34.9 Å². The van der Waals surface area contributed by atoms with Crippen LogP contribution in [0.15, 0.2) is 47.3 Å². The van der Waals surface area contributed by atoms with Gasteiger partial charge in [-0.1, -0.05) is 35.3 Å². The largest absolute Gasteiger partial charge is 0.330 e. The van der Waals surface area contributed by atoms with Gasteiger partial charge in [0.25, 0.3) is 5.56 Å². The zero-order valence-electron chi connectivity index (χ0n) is 12.3. The van der Waals surface area contributed by atoms with E-state index in [1.165, 1.54) is 0 Å². The second-order valence-electron chi connectivity index (χ2n) is 5.21. The molecule has 2 N–H and O–H groups in total. The van der Waals surface area contributed by atoms with Crippen LogP contribution in [0.4, 0.5) is 0 Å². The molecule has 1 aromatic heterocycles. The van der Waals surface area contributed by atoms with Gasteiger partial charge in [0.1, 0.15) is 5.82 Å². The van der Waals surface area contributed by atoms with E-state index in [4.69, 9.17) is 28.9 Å². The maximum Gasteiger partial charge on any atom is 0.261 e. The van der Waals surface area contributed by atoms with Crippen LogP contribution in [-0.4, -0.2) is 16.1 Å². The number of fused-ring (bicyclic) bond motifs is 1. The first kappa shape index (κ1) is 16.0. The zero-order chi connectivity index (χ0) is 16.4. The van der Waals surface area contributed by atoms with Gasteiger partial charge < -0.3 is 5.73 Å². The van der Waals surface area contributed by atoms with E-state index in [1.807, 2.05) is 12.1 Å². The van der Waals surface area contributed by atoms with Crippen LogP contribution in [0.3, 0.4) is 0 Å². The lowest BCUT2D eigenvalue weighted by atomic mass is 10.1. The van der Waals surface area contributed by atoms with Gasteiger partial charge in [-0.3, -0.25) is 9.36 Å². The van der Waals surface area contributed by atoms with Gasteiger partial charge in [0.2, 0.25) is 0 Å². The number of nitrogens with two attached hydrogens (primary N) is 1. The minimum absolute atomic E-state index is 0.124. The Balaban J connectivity index is 2.30. The van der Waals surface area contributed by atoms with Gasteiger partial charge in [-0.15, -0.1) is 0 Å². The first-order valence-electron chi connectivity index (χ1n) is 7.26. The molecule has 0 fully saturated rings. The lowest BCUT2D eigenvalue weighted by molar-refractivity contribution is 0.632. The molecule has 0 aliphatic heterocycles. The van der Waals surface area contributed by atoms with Crippen LogP contribution in [0, 0.1) is 0 Å². The fraction of sp³-hybridized carbons (Fsp3) is 0.176. The summed E-state index contributed by atoms with van der Waals surface area (Å²) in [7, 11) is 0. The number of hydrogen-bond donors (Lipinski definition) is 1. The summed E-state index contributed by atoms with van der Waals surface area (Å²) in [6, 6.07) is 12.4. The zero-order valence-corrected chi connectivity index (χ0v) is 13.8. The number of hydrogen-bond acceptors (Lipinski definition) is 3. The number of aromatic nitrogens is 2. The normalized spacial score (nSPS) is 11.1. The highest BCUT2D eigenvalue weighted by molar-refractivity contribution is 6.31. The van der Waals surface area contributed by atoms with Crippen molar-refractivity contribution >= 4 is 34.1 Å². The fourth-order valence-corrected chi connectivity index (χ4v) is 2.86. The average Bonchev–Trinajstić information content (AvgIpc) is 2.54. The highest BCUT2D eigenvalue weighted by atomic mass is 35.5. The molecule has 2 aromatic carbocycles. The van der Waals surface area contributed by atoms with E-state index >= 15 is 0 Å². The van der Waals surface area contributed by atoms with Crippen molar-refractivity contribution in [2.45, 2.75) is 13.0 Å². The van der Waals surface area contributed by atoms with Gasteiger partial charge >= 0.3 is 0 Å². The number of rotatable bonds is 4. The molecule has 0 unspecified atom stereocenters. The Morgan fingerprint density at radius 3 is 2.61 bits per heavy atom. The van der Waals surface area contributed by atoms with E-state index in [2.05, 4.69) is 4.98 Å². The van der Waals surface area contributed by atoms with Crippen LogP contribution in [0.2, 0.25) is 10.0 Å². The summed E-state index contributed by atoms with van der Waals surface area (Å²) in [4.78, 5) is 17.5. The van der Waals surface area contributed by atoms with E-state index in [9.17, 15) is 4.79 Å². The molecule has 3 rings (SSSR count). The Hall–Kier alpha value is -1.88. The predicted molar refractivity (Wildman–Crippen MR) is 95.1 cm³/mol. The first-order valence-corrected chi connectivity index (χ1v) is 8.02. The van der Waals surface area contributed by atoms with Crippen molar-refractivity contribution in [3.8, 4) is 11.4 Å². The molecule has 0 aliphatic rings. The molecule has 0 radical (unpaired) electrons. The third-order valence-electron chi connectivity index (χ3n) is 3.58. The van der Waals surface area contributed by atoms with E-state index < -0.39 is 0 Å². The van der Waals surface area contributed by atoms with Crippen LogP contribution < -0.4 is 11.3 Å². The average molecular weight is 348 g/mol. The topological polar surface area (TPSA) is 60.9 Å². The van der Waals surface area contributed by atoms with E-state index in [0.29, 0.717) is 46.3 Å². The quantitative estimate of drug-likeness (QED) is 0.782. The van der Waals surface area contributed by atoms with E-state index in [0.717, 1.165) is 5.56 Å². The summed E-state index contributed by atoms with van der Waals surface area (Å²) in [5, 5.41) is 1.61. The maximum absolute atomic E-state index is 12.9. The predicted octanol–water partition coefficient (Wildman–Crippen LogP) is 3.72. The van der Waals surface area contributed by atoms with Gasteiger partial charge in [0, 0.05) is 22.2 Å². The summed E-state index contributed by atoms with van der Waals surface area (Å²) in [6.07, 6.45) is 0.682. The molecule has 3 aromatic rings. The number of benzene rings is 2. The van der Waals surface area contributed by atoms with Gasteiger partial charge in [-0.05, 0) is 43.3 Å². The van der Waals surface area contributed by atoms with Crippen molar-refractivity contribution < 1.29 is 0 Å². The van der Waals surface area contributed by atoms with Crippen LogP contribution in [0.5, 0.6) is 0 Å². The maximum atomic E-state index is 12.9. The van der Waals surface area contributed by atoms with Crippen molar-refractivity contribution in [2.75, 3.05) is 6.54 Å². The van der Waals surface area contributed by atoms with Gasteiger partial charge in [-0.25, -0.2) is 4.98 Å². The van der Waals surface area contributed by atoms with Gasteiger partial charge in [-0.2, -0.15) is 0 Å². The molecule has 1 heterocycles. The molecular formula is C17H15Cl2N3O. The molecule has 0 saturated carbocycles. The molecule has 0 amide bonds. The molecule has 4 nitrogen and oxygen atoms in total. The Morgan fingerprint density at radius 2 is 1.87 bits per heavy atom. The number of halogens is 2. The monoisotopic (exact) mass is 347 g/mol. The molecule has 0 atom stereocenters. The fourth-order valence-electron chi connectivity index (χ4n) is 2.50. The summed E-state index contributed by atoms with van der Waals surface area (Å²) in [5.41, 5.74) is 6.88. The lowest BCUT2D eigenvalue weighted by Gasteiger charge is -2.13. The van der Waals surface area contributed by atoms with E-state index in [-0.39, 0.29) is 5.56 Å². The lowest BCUT2D eigenvalue weighted by Crippen LogP contribution is -2.24. The second kappa shape index (κ2) is 6.71. The second-order valence-corrected chi connectivity index (χ2v) is 6.08. The smallest absolute Gasteiger partial charge is 0.261 e. The van der Waals surface area contributed by atoms with Crippen LogP contribution >= 0.6 is 23.2 Å². The SMILES string of the molecule is NCCCn1c(-c2cccc(Cl)c2)nc2ccc(Cl)cc2c1=O. The van der Waals surface area contributed by atoms with Crippen molar-refractivity contribution in [3.05, 3.63) is 62.9 Å². The molecule has 0 spiro atoms. The summed E-state index contributed by atoms with van der Waals surface area (Å²) in [6.45, 7) is 0.988. The Bertz CT molecular complexity index is 921. The highest BCUT2D eigenvalue weighted by Crippen LogP contribution is 2.23. The molecule has 0 saturated heterocycles. The van der Waals surface area contributed by atoms with Crippen molar-refractivity contribution in [1.82, 2.24) is 9.55 Å². The Labute approximate surface area is 143 Å². The van der Waals surface area contributed by atoms with Gasteiger partial charge in [0.05, 0.1) is 10.9 Å². The summed E-state index contributed by atoms with van der Waals surface area (Å²) < 4.78 is 1.64. The molecule has 6 heteroatoms. The minimum Gasteiger partial charge on any atom is -0.330 e.